The molecule has 0 atom stereocenters. The van der Waals surface area contributed by atoms with E-state index in [1.54, 1.807) is 14.2 Å². The van der Waals surface area contributed by atoms with Crippen molar-refractivity contribution in [1.82, 2.24) is 15.5 Å². The second-order valence-electron chi connectivity index (χ2n) is 4.24. The zero-order valence-electron chi connectivity index (χ0n) is 12.1. The van der Waals surface area contributed by atoms with Gasteiger partial charge in [-0.15, -0.1) is 5.10 Å². The van der Waals surface area contributed by atoms with E-state index in [1.165, 1.54) is 0 Å². The van der Waals surface area contributed by atoms with Crippen LogP contribution in [-0.4, -0.2) is 57.8 Å². The van der Waals surface area contributed by atoms with Gasteiger partial charge in [0.15, 0.2) is 5.82 Å². The Morgan fingerprint density at radius 3 is 2.47 bits per heavy atom. The first-order valence-corrected chi connectivity index (χ1v) is 6.51. The Hall–Kier alpha value is -1.24. The van der Waals surface area contributed by atoms with E-state index in [9.17, 15) is 0 Å². The molecule has 6 heteroatoms. The molecule has 1 aromatic heterocycles. The molecule has 6 nitrogen and oxygen atoms in total. The zero-order valence-corrected chi connectivity index (χ0v) is 12.1. The number of hydrogen-bond donors (Lipinski definition) is 1. The molecule has 108 valence electrons. The Balaban J connectivity index is 2.60. The number of anilines is 1. The molecular weight excluding hydrogens is 244 g/mol. The molecule has 1 heterocycles. The Kier molecular flexibility index (Phi) is 8.04. The molecule has 0 spiro atoms. The van der Waals surface area contributed by atoms with Crippen LogP contribution in [-0.2, 0) is 16.0 Å². The third-order valence-corrected chi connectivity index (χ3v) is 2.73. The summed E-state index contributed by atoms with van der Waals surface area (Å²) in [6.45, 7) is 3.84. The van der Waals surface area contributed by atoms with Gasteiger partial charge in [-0.1, -0.05) is 0 Å². The highest BCUT2D eigenvalue weighted by molar-refractivity contribution is 5.37. The van der Waals surface area contributed by atoms with E-state index in [2.05, 4.69) is 20.4 Å². The van der Waals surface area contributed by atoms with Crippen molar-refractivity contribution < 1.29 is 9.47 Å². The van der Waals surface area contributed by atoms with Crippen LogP contribution in [0.25, 0.3) is 0 Å². The second kappa shape index (κ2) is 9.66. The largest absolute Gasteiger partial charge is 0.385 e. The summed E-state index contributed by atoms with van der Waals surface area (Å²) >= 11 is 0. The van der Waals surface area contributed by atoms with Crippen molar-refractivity contribution in [2.24, 2.45) is 0 Å². The topological polar surface area (TPSA) is 59.5 Å². The molecule has 0 aliphatic heterocycles. The van der Waals surface area contributed by atoms with Crippen molar-refractivity contribution in [3.63, 3.8) is 0 Å². The third-order valence-electron chi connectivity index (χ3n) is 2.73. The summed E-state index contributed by atoms with van der Waals surface area (Å²) < 4.78 is 10.2. The molecule has 1 rings (SSSR count). The highest BCUT2D eigenvalue weighted by Crippen LogP contribution is 2.10. The van der Waals surface area contributed by atoms with Crippen molar-refractivity contribution in [2.45, 2.75) is 13.0 Å². The molecular formula is C13H24N4O2. The summed E-state index contributed by atoms with van der Waals surface area (Å²) in [4.78, 5) is 2.17. The lowest BCUT2D eigenvalue weighted by atomic mass is 10.3. The highest BCUT2D eigenvalue weighted by Gasteiger charge is 2.08. The summed E-state index contributed by atoms with van der Waals surface area (Å²) in [7, 11) is 5.31. The molecule has 0 aliphatic rings. The lowest BCUT2D eigenvalue weighted by Gasteiger charge is -2.22. The van der Waals surface area contributed by atoms with Gasteiger partial charge < -0.3 is 19.7 Å². The van der Waals surface area contributed by atoms with Gasteiger partial charge in [0.1, 0.15) is 0 Å². The normalized spacial score (nSPS) is 10.7. The van der Waals surface area contributed by atoms with Gasteiger partial charge in [0.2, 0.25) is 0 Å². The molecule has 19 heavy (non-hydrogen) atoms. The fourth-order valence-corrected chi connectivity index (χ4v) is 1.74. The lowest BCUT2D eigenvalue weighted by Crippen LogP contribution is -2.30. The van der Waals surface area contributed by atoms with Gasteiger partial charge in [0.25, 0.3) is 0 Å². The lowest BCUT2D eigenvalue weighted by molar-refractivity contribution is 0.191. The van der Waals surface area contributed by atoms with Crippen LogP contribution in [0.3, 0.4) is 0 Å². The van der Waals surface area contributed by atoms with Gasteiger partial charge in [-0.2, -0.15) is 5.10 Å². The summed E-state index contributed by atoms with van der Waals surface area (Å²) in [5.41, 5.74) is 0.940. The number of methoxy groups -OCH3 is 2. The van der Waals surface area contributed by atoms with Crippen LogP contribution in [0.4, 0.5) is 5.82 Å². The van der Waals surface area contributed by atoms with Crippen LogP contribution >= 0.6 is 0 Å². The van der Waals surface area contributed by atoms with Crippen LogP contribution < -0.4 is 10.2 Å². The molecule has 0 bridgehead atoms. The Morgan fingerprint density at radius 2 is 1.89 bits per heavy atom. The summed E-state index contributed by atoms with van der Waals surface area (Å²) in [6, 6.07) is 4.00. The number of nitrogens with one attached hydrogen (secondary N) is 1. The molecule has 0 aromatic carbocycles. The van der Waals surface area contributed by atoms with Crippen LogP contribution in [0, 0.1) is 0 Å². The highest BCUT2D eigenvalue weighted by atomic mass is 16.5. The first-order valence-electron chi connectivity index (χ1n) is 6.51. The van der Waals surface area contributed by atoms with E-state index in [1.807, 2.05) is 19.2 Å². The van der Waals surface area contributed by atoms with Crippen LogP contribution in [0.1, 0.15) is 12.1 Å². The van der Waals surface area contributed by atoms with E-state index in [-0.39, 0.29) is 0 Å². The van der Waals surface area contributed by atoms with Gasteiger partial charge in [-0.25, -0.2) is 0 Å². The minimum Gasteiger partial charge on any atom is -0.385 e. The number of nitrogens with zero attached hydrogens (tertiary/aromatic N) is 3. The molecule has 0 fully saturated rings. The van der Waals surface area contributed by atoms with Crippen molar-refractivity contribution >= 4 is 5.82 Å². The van der Waals surface area contributed by atoms with Crippen molar-refractivity contribution in [2.75, 3.05) is 52.5 Å². The van der Waals surface area contributed by atoms with E-state index in [0.29, 0.717) is 6.61 Å². The third kappa shape index (κ3) is 5.96. The van der Waals surface area contributed by atoms with Crippen LogP contribution in [0.2, 0.25) is 0 Å². The monoisotopic (exact) mass is 268 g/mol. The molecule has 0 aliphatic carbocycles. The smallest absolute Gasteiger partial charge is 0.151 e. The van der Waals surface area contributed by atoms with Gasteiger partial charge in [0, 0.05) is 40.5 Å². The molecule has 0 amide bonds. The molecule has 0 unspecified atom stereocenters. The summed E-state index contributed by atoms with van der Waals surface area (Å²) in [5, 5.41) is 11.5. The molecule has 1 aromatic rings. The molecule has 1 N–H and O–H groups in total. The number of aromatic nitrogens is 2. The van der Waals surface area contributed by atoms with Crippen LogP contribution in [0.5, 0.6) is 0 Å². The van der Waals surface area contributed by atoms with Gasteiger partial charge >= 0.3 is 0 Å². The van der Waals surface area contributed by atoms with E-state index < -0.39 is 0 Å². The molecule has 0 saturated heterocycles. The van der Waals surface area contributed by atoms with E-state index in [4.69, 9.17) is 9.47 Å². The van der Waals surface area contributed by atoms with Crippen molar-refractivity contribution in [3.8, 4) is 0 Å². The summed E-state index contributed by atoms with van der Waals surface area (Å²) in [6.07, 6.45) is 0.958. The first-order chi connectivity index (χ1) is 9.31. The SMILES string of the molecule is CNCc1ccc(N(CCCOC)CCOC)nn1. The Morgan fingerprint density at radius 1 is 1.11 bits per heavy atom. The fourth-order valence-electron chi connectivity index (χ4n) is 1.74. The predicted molar refractivity (Wildman–Crippen MR) is 75.4 cm³/mol. The van der Waals surface area contributed by atoms with Gasteiger partial charge in [-0.3, -0.25) is 0 Å². The van der Waals surface area contributed by atoms with E-state index in [0.717, 1.165) is 44.2 Å². The minimum absolute atomic E-state index is 0.674. The quantitative estimate of drug-likeness (QED) is 0.630. The second-order valence-corrected chi connectivity index (χ2v) is 4.24. The predicted octanol–water partition coefficient (Wildman–Crippen LogP) is 0.685. The summed E-state index contributed by atoms with van der Waals surface area (Å²) in [5.74, 6) is 0.882. The van der Waals surface area contributed by atoms with Gasteiger partial charge in [-0.05, 0) is 25.6 Å². The Bertz CT molecular complexity index is 332. The van der Waals surface area contributed by atoms with Crippen molar-refractivity contribution in [3.05, 3.63) is 17.8 Å². The fraction of sp³-hybridized carbons (Fsp3) is 0.692. The maximum Gasteiger partial charge on any atom is 0.151 e. The first kappa shape index (κ1) is 15.8. The average Bonchev–Trinajstić information content (AvgIpc) is 2.44. The maximum absolute atomic E-state index is 5.13. The number of ether oxygens (including phenoxy) is 2. The van der Waals surface area contributed by atoms with Gasteiger partial charge in [0.05, 0.1) is 12.3 Å². The van der Waals surface area contributed by atoms with E-state index >= 15 is 0 Å². The molecule has 0 saturated carbocycles. The Labute approximate surface area is 115 Å². The number of rotatable bonds is 10. The maximum atomic E-state index is 5.13. The standard InChI is InChI=1S/C13H24N4O2/c1-14-11-12-5-6-13(16-15-12)17(8-10-19-3)7-4-9-18-2/h5-6,14H,4,7-11H2,1-3H3. The zero-order chi connectivity index (χ0) is 13.9. The van der Waals surface area contributed by atoms with Crippen LogP contribution in [0.15, 0.2) is 12.1 Å². The average molecular weight is 268 g/mol. The van der Waals surface area contributed by atoms with Crippen molar-refractivity contribution in [1.29, 1.82) is 0 Å². The minimum atomic E-state index is 0.674. The molecule has 0 radical (unpaired) electrons. The number of hydrogen-bond acceptors (Lipinski definition) is 6.